The van der Waals surface area contributed by atoms with Crippen molar-refractivity contribution in [3.05, 3.63) is 0 Å². The average Bonchev–Trinajstić information content (AvgIpc) is 3.03. The highest BCUT2D eigenvalue weighted by Crippen LogP contribution is 2.14. The zero-order valence-electron chi connectivity index (χ0n) is 29.7. The van der Waals surface area contributed by atoms with Crippen molar-refractivity contribution in [2.75, 3.05) is 59.5 Å². The molecule has 0 unspecified atom stereocenters. The quantitative estimate of drug-likeness (QED) is 0.0498. The average molecular weight is 629 g/mol. The molecular weight excluding hydrogens is 552 g/mol. The predicted molar refractivity (Wildman–Crippen MR) is 186 cm³/mol. The Kier molecular flexibility index (Phi) is 39.7. The molecule has 0 aromatic rings. The van der Waals surface area contributed by atoms with Crippen molar-refractivity contribution in [2.24, 2.45) is 0 Å². The van der Waals surface area contributed by atoms with E-state index in [0.29, 0.717) is 59.3 Å². The number of esters is 1. The second-order valence-corrected chi connectivity index (χ2v) is 12.6. The van der Waals surface area contributed by atoms with Gasteiger partial charge in [-0.15, -0.1) is 0 Å². The number of rotatable bonds is 39. The molecule has 0 saturated heterocycles. The fourth-order valence-corrected chi connectivity index (χ4v) is 5.38. The van der Waals surface area contributed by atoms with Crippen molar-refractivity contribution in [3.8, 4) is 0 Å². The van der Waals surface area contributed by atoms with E-state index in [1.807, 2.05) is 0 Å². The minimum Gasteiger partial charge on any atom is -0.463 e. The molecule has 0 atom stereocenters. The molecule has 6 nitrogen and oxygen atoms in total. The molecule has 0 spiro atoms. The lowest BCUT2D eigenvalue weighted by Gasteiger charge is -2.08. The molecule has 0 aliphatic carbocycles. The lowest BCUT2D eigenvalue weighted by atomic mass is 10.0. The first kappa shape index (κ1) is 43.3. The molecule has 44 heavy (non-hydrogen) atoms. The van der Waals surface area contributed by atoms with Crippen molar-refractivity contribution in [3.63, 3.8) is 0 Å². The molecule has 0 N–H and O–H groups in total. The van der Waals surface area contributed by atoms with E-state index in [4.69, 9.17) is 23.7 Å². The Bertz CT molecular complexity index is 529. The molecule has 0 aromatic heterocycles. The van der Waals surface area contributed by atoms with Gasteiger partial charge in [0.15, 0.2) is 0 Å². The smallest absolute Gasteiger partial charge is 0.305 e. The van der Waals surface area contributed by atoms with Crippen LogP contribution >= 0.6 is 0 Å². The van der Waals surface area contributed by atoms with E-state index in [-0.39, 0.29) is 5.97 Å². The van der Waals surface area contributed by atoms with Crippen LogP contribution in [0.2, 0.25) is 0 Å². The van der Waals surface area contributed by atoms with Gasteiger partial charge in [0, 0.05) is 13.0 Å². The van der Waals surface area contributed by atoms with Crippen LogP contribution in [0.5, 0.6) is 0 Å². The van der Waals surface area contributed by atoms with Gasteiger partial charge < -0.3 is 23.7 Å². The summed E-state index contributed by atoms with van der Waals surface area (Å²) in [7, 11) is 0. The van der Waals surface area contributed by atoms with E-state index >= 15 is 0 Å². The third-order valence-electron chi connectivity index (χ3n) is 8.23. The summed E-state index contributed by atoms with van der Waals surface area (Å²) in [6, 6.07) is 0. The second kappa shape index (κ2) is 40.3. The summed E-state index contributed by atoms with van der Waals surface area (Å²) in [5.41, 5.74) is 0. The Labute approximate surface area is 274 Å². The van der Waals surface area contributed by atoms with E-state index in [0.717, 1.165) is 25.9 Å². The number of unbranched alkanes of at least 4 members (excludes halogenated alkanes) is 23. The fraction of sp³-hybridized carbons (Fsp3) is 0.974. The number of ether oxygens (including phenoxy) is 5. The summed E-state index contributed by atoms with van der Waals surface area (Å²) in [6.07, 6.45) is 33.9. The lowest BCUT2D eigenvalue weighted by molar-refractivity contribution is -0.145. The van der Waals surface area contributed by atoms with Gasteiger partial charge in [-0.05, 0) is 12.8 Å². The van der Waals surface area contributed by atoms with Gasteiger partial charge in [-0.1, -0.05) is 162 Å². The first-order valence-electron chi connectivity index (χ1n) is 19.3. The summed E-state index contributed by atoms with van der Waals surface area (Å²) in [5.74, 6) is -0.107. The summed E-state index contributed by atoms with van der Waals surface area (Å²) in [4.78, 5) is 11.9. The molecule has 6 heteroatoms. The number of carbonyl (C=O) groups excluding carboxylic acids is 1. The van der Waals surface area contributed by atoms with Gasteiger partial charge in [-0.2, -0.15) is 0 Å². The van der Waals surface area contributed by atoms with E-state index in [9.17, 15) is 4.79 Å². The zero-order valence-corrected chi connectivity index (χ0v) is 29.7. The normalized spacial score (nSPS) is 11.4. The maximum atomic E-state index is 11.9. The minimum atomic E-state index is -0.107. The SMILES string of the molecule is CCCCCCCCCCCCCCCCCC(=O)OCCOCCOCCOCCOCCCCCCCCCCCC. The van der Waals surface area contributed by atoms with Gasteiger partial charge in [0.1, 0.15) is 6.61 Å². The van der Waals surface area contributed by atoms with Crippen LogP contribution in [0.15, 0.2) is 0 Å². The van der Waals surface area contributed by atoms with Gasteiger partial charge in [0.2, 0.25) is 0 Å². The van der Waals surface area contributed by atoms with E-state index in [1.165, 1.54) is 141 Å². The molecule has 0 radical (unpaired) electrons. The Balaban J connectivity index is 3.13. The molecule has 0 rings (SSSR count). The topological polar surface area (TPSA) is 63.2 Å². The summed E-state index contributed by atoms with van der Waals surface area (Å²) in [5, 5.41) is 0. The molecule has 0 aliphatic rings. The molecule has 0 heterocycles. The van der Waals surface area contributed by atoms with Crippen molar-refractivity contribution in [2.45, 2.75) is 181 Å². The molecule has 0 bridgehead atoms. The Morgan fingerprint density at radius 3 is 0.955 bits per heavy atom. The monoisotopic (exact) mass is 629 g/mol. The van der Waals surface area contributed by atoms with Crippen LogP contribution in [-0.4, -0.2) is 65.4 Å². The molecule has 0 aromatic carbocycles. The van der Waals surface area contributed by atoms with Crippen LogP contribution in [0.25, 0.3) is 0 Å². The third-order valence-corrected chi connectivity index (χ3v) is 8.23. The van der Waals surface area contributed by atoms with E-state index in [2.05, 4.69) is 13.8 Å². The predicted octanol–water partition coefficient (Wildman–Crippen LogP) is 10.8. The molecule has 0 amide bonds. The van der Waals surface area contributed by atoms with E-state index in [1.54, 1.807) is 0 Å². The van der Waals surface area contributed by atoms with Crippen molar-refractivity contribution < 1.29 is 28.5 Å². The van der Waals surface area contributed by atoms with Gasteiger partial charge in [0.25, 0.3) is 0 Å². The van der Waals surface area contributed by atoms with Crippen LogP contribution in [0.1, 0.15) is 181 Å². The first-order chi connectivity index (χ1) is 21.8. The van der Waals surface area contributed by atoms with Crippen LogP contribution in [0, 0.1) is 0 Å². The maximum Gasteiger partial charge on any atom is 0.305 e. The molecule has 264 valence electrons. The van der Waals surface area contributed by atoms with Gasteiger partial charge in [-0.3, -0.25) is 4.79 Å². The Hall–Kier alpha value is -0.690. The van der Waals surface area contributed by atoms with Crippen LogP contribution in [0.3, 0.4) is 0 Å². The summed E-state index contributed by atoms with van der Waals surface area (Å²) < 4.78 is 27.5. The minimum absolute atomic E-state index is 0.107. The molecular formula is C38H76O6. The highest BCUT2D eigenvalue weighted by Gasteiger charge is 2.03. The zero-order chi connectivity index (χ0) is 31.9. The highest BCUT2D eigenvalue weighted by atomic mass is 16.6. The molecule has 0 aliphatic heterocycles. The van der Waals surface area contributed by atoms with Crippen LogP contribution in [0.4, 0.5) is 0 Å². The molecule has 0 fully saturated rings. The van der Waals surface area contributed by atoms with Crippen LogP contribution < -0.4 is 0 Å². The van der Waals surface area contributed by atoms with E-state index < -0.39 is 0 Å². The summed E-state index contributed by atoms with van der Waals surface area (Å²) in [6.45, 7) is 9.53. The fourth-order valence-electron chi connectivity index (χ4n) is 5.38. The highest BCUT2D eigenvalue weighted by molar-refractivity contribution is 5.69. The van der Waals surface area contributed by atoms with Gasteiger partial charge in [0.05, 0.1) is 46.2 Å². The lowest BCUT2D eigenvalue weighted by Crippen LogP contribution is -2.14. The number of hydrogen-bond donors (Lipinski definition) is 0. The first-order valence-corrected chi connectivity index (χ1v) is 19.3. The Morgan fingerprint density at radius 1 is 0.318 bits per heavy atom. The molecule has 0 saturated carbocycles. The van der Waals surface area contributed by atoms with Crippen molar-refractivity contribution >= 4 is 5.97 Å². The third kappa shape index (κ3) is 39.3. The number of carbonyl (C=O) groups is 1. The standard InChI is InChI=1S/C38H76O6/c1-3-5-7-9-11-13-15-16-17-18-19-20-22-24-26-28-38(39)44-37-36-43-35-34-42-33-32-41-31-30-40-29-27-25-23-21-14-12-10-8-6-4-2/h3-37H2,1-2H3. The Morgan fingerprint density at radius 2 is 0.591 bits per heavy atom. The van der Waals surface area contributed by atoms with Crippen molar-refractivity contribution in [1.82, 2.24) is 0 Å². The largest absolute Gasteiger partial charge is 0.463 e. The van der Waals surface area contributed by atoms with Gasteiger partial charge in [-0.25, -0.2) is 0 Å². The van der Waals surface area contributed by atoms with Crippen LogP contribution in [-0.2, 0) is 28.5 Å². The summed E-state index contributed by atoms with van der Waals surface area (Å²) >= 11 is 0. The van der Waals surface area contributed by atoms with Gasteiger partial charge >= 0.3 is 5.97 Å². The second-order valence-electron chi connectivity index (χ2n) is 12.6. The van der Waals surface area contributed by atoms with Crippen molar-refractivity contribution in [1.29, 1.82) is 0 Å². The maximum absolute atomic E-state index is 11.9. The number of hydrogen-bond acceptors (Lipinski definition) is 6.